The van der Waals surface area contributed by atoms with E-state index in [1.54, 1.807) is 20.2 Å². The number of allylic oxidation sites excluding steroid dienone is 3. The van der Waals surface area contributed by atoms with Gasteiger partial charge in [-0.2, -0.15) is 0 Å². The molecule has 0 saturated heterocycles. The number of carbonyl (C=O) groups is 1. The third-order valence-electron chi connectivity index (χ3n) is 3.34. The van der Waals surface area contributed by atoms with Crippen molar-refractivity contribution in [2.75, 3.05) is 19.4 Å². The maximum atomic E-state index is 11.2. The van der Waals surface area contributed by atoms with Gasteiger partial charge in [0.05, 0.1) is 16.2 Å². The van der Waals surface area contributed by atoms with Gasteiger partial charge >= 0.3 is 5.97 Å². The quantitative estimate of drug-likeness (QED) is 0.225. The molecular formula is C17H23N7O2S. The molecule has 8 N–H and O–H groups in total. The summed E-state index contributed by atoms with van der Waals surface area (Å²) in [5, 5.41) is 38.9. The van der Waals surface area contributed by atoms with Crippen molar-refractivity contribution in [1.82, 2.24) is 10.3 Å². The molecule has 0 atom stereocenters. The zero-order valence-corrected chi connectivity index (χ0v) is 15.9. The number of aliphatic carboxylic acids is 1. The van der Waals surface area contributed by atoms with Crippen molar-refractivity contribution in [2.24, 2.45) is 5.73 Å². The van der Waals surface area contributed by atoms with Gasteiger partial charge in [0.2, 0.25) is 0 Å². The number of rotatable bonds is 11. The molecule has 0 aromatic carbocycles. The lowest BCUT2D eigenvalue weighted by molar-refractivity contribution is -0.132. The zero-order chi connectivity index (χ0) is 20.4. The summed E-state index contributed by atoms with van der Waals surface area (Å²) in [7, 11) is 3.26. The van der Waals surface area contributed by atoms with Gasteiger partial charge in [-0.05, 0) is 12.3 Å². The van der Waals surface area contributed by atoms with E-state index in [1.807, 2.05) is 0 Å². The van der Waals surface area contributed by atoms with Crippen LogP contribution < -0.4 is 16.4 Å². The lowest BCUT2D eigenvalue weighted by Gasteiger charge is -2.05. The van der Waals surface area contributed by atoms with E-state index in [4.69, 9.17) is 27.1 Å². The first-order valence-corrected chi connectivity index (χ1v) is 8.72. The third kappa shape index (κ3) is 6.19. The molecule has 1 aromatic heterocycles. The molecule has 1 heterocycles. The Balaban J connectivity index is 3.11. The van der Waals surface area contributed by atoms with E-state index < -0.39 is 5.97 Å². The average molecular weight is 389 g/mol. The molecular weight excluding hydrogens is 366 g/mol. The fraction of sp³-hybridized carbons (Fsp3) is 0.235. The summed E-state index contributed by atoms with van der Waals surface area (Å²) in [5.74, 6) is -0.633. The molecule has 0 aliphatic rings. The molecule has 0 amide bonds. The third-order valence-corrected chi connectivity index (χ3v) is 4.44. The van der Waals surface area contributed by atoms with Crippen molar-refractivity contribution >= 4 is 46.3 Å². The number of hydrogen-bond acceptors (Lipinski definition) is 9. The SMILES string of the molecule is CN/C=C(\C(=N)C/C=C(\C=N)c1sc(CC(=N)/C=C\N)nc1NC)C(=O)O. The Hall–Kier alpha value is -3.27. The van der Waals surface area contributed by atoms with Crippen LogP contribution >= 0.6 is 11.3 Å². The van der Waals surface area contributed by atoms with E-state index in [0.717, 1.165) is 6.21 Å². The molecule has 0 aliphatic heterocycles. The van der Waals surface area contributed by atoms with Gasteiger partial charge in [-0.1, -0.05) is 6.08 Å². The Bertz CT molecular complexity index is 821. The van der Waals surface area contributed by atoms with Gasteiger partial charge < -0.3 is 37.7 Å². The van der Waals surface area contributed by atoms with E-state index in [9.17, 15) is 4.79 Å². The minimum atomic E-state index is -1.19. The first-order valence-electron chi connectivity index (χ1n) is 7.90. The Kier molecular flexibility index (Phi) is 8.60. The fourth-order valence-electron chi connectivity index (χ4n) is 2.10. The first-order chi connectivity index (χ1) is 12.9. The second-order valence-corrected chi connectivity index (χ2v) is 6.32. The normalized spacial score (nSPS) is 12.1. The van der Waals surface area contributed by atoms with Crippen molar-refractivity contribution in [3.05, 3.63) is 40.0 Å². The molecule has 144 valence electrons. The van der Waals surface area contributed by atoms with E-state index >= 15 is 0 Å². The molecule has 0 unspecified atom stereocenters. The van der Waals surface area contributed by atoms with Crippen LogP contribution in [0, 0.1) is 16.2 Å². The van der Waals surface area contributed by atoms with Crippen LogP contribution in [0.4, 0.5) is 5.82 Å². The van der Waals surface area contributed by atoms with E-state index in [0.29, 0.717) is 33.4 Å². The minimum absolute atomic E-state index is 0.0483. The highest BCUT2D eigenvalue weighted by Crippen LogP contribution is 2.30. The molecule has 0 bridgehead atoms. The maximum Gasteiger partial charge on any atom is 0.339 e. The fourth-order valence-corrected chi connectivity index (χ4v) is 3.21. The lowest BCUT2D eigenvalue weighted by Crippen LogP contribution is -2.14. The summed E-state index contributed by atoms with van der Waals surface area (Å²) < 4.78 is 0. The summed E-state index contributed by atoms with van der Waals surface area (Å²) in [6, 6.07) is 0. The van der Waals surface area contributed by atoms with Crippen LogP contribution in [0.3, 0.4) is 0 Å². The summed E-state index contributed by atoms with van der Waals surface area (Å²) in [4.78, 5) is 16.3. The van der Waals surface area contributed by atoms with Crippen LogP contribution in [-0.4, -0.2) is 47.8 Å². The zero-order valence-electron chi connectivity index (χ0n) is 15.1. The topological polar surface area (TPSA) is 172 Å². The molecule has 0 aliphatic carbocycles. The van der Waals surface area contributed by atoms with Crippen molar-refractivity contribution in [3.63, 3.8) is 0 Å². The van der Waals surface area contributed by atoms with Crippen LogP contribution in [0.15, 0.2) is 30.1 Å². The van der Waals surface area contributed by atoms with E-state index in [2.05, 4.69) is 15.6 Å². The summed E-state index contributed by atoms with van der Waals surface area (Å²) in [6.45, 7) is 0. The van der Waals surface area contributed by atoms with Gasteiger partial charge in [0, 0.05) is 50.6 Å². The number of nitrogens with one attached hydrogen (secondary N) is 5. The van der Waals surface area contributed by atoms with Crippen molar-refractivity contribution in [1.29, 1.82) is 16.2 Å². The van der Waals surface area contributed by atoms with Gasteiger partial charge in [-0.15, -0.1) is 11.3 Å². The second-order valence-electron chi connectivity index (χ2n) is 5.23. The predicted molar refractivity (Wildman–Crippen MR) is 110 cm³/mol. The Morgan fingerprint density at radius 2 is 2.07 bits per heavy atom. The van der Waals surface area contributed by atoms with Crippen LogP contribution in [0.5, 0.6) is 0 Å². The smallest absolute Gasteiger partial charge is 0.339 e. The Morgan fingerprint density at radius 1 is 1.37 bits per heavy atom. The van der Waals surface area contributed by atoms with Gasteiger partial charge in [0.1, 0.15) is 10.8 Å². The highest BCUT2D eigenvalue weighted by Gasteiger charge is 2.16. The van der Waals surface area contributed by atoms with Gasteiger partial charge in [0.15, 0.2) is 0 Å². The molecule has 27 heavy (non-hydrogen) atoms. The molecule has 0 saturated carbocycles. The number of hydrogen-bond donors (Lipinski definition) is 7. The van der Waals surface area contributed by atoms with Crippen LogP contribution in [0.2, 0.25) is 0 Å². The summed E-state index contributed by atoms with van der Waals surface area (Å²) in [5.41, 5.74) is 5.89. The number of nitrogens with zero attached hydrogens (tertiary/aromatic N) is 1. The number of nitrogens with two attached hydrogens (primary N) is 1. The van der Waals surface area contributed by atoms with Crippen LogP contribution in [-0.2, 0) is 11.2 Å². The van der Waals surface area contributed by atoms with Gasteiger partial charge in [-0.25, -0.2) is 9.78 Å². The molecule has 0 fully saturated rings. The number of aromatic nitrogens is 1. The second kappa shape index (κ2) is 10.7. The molecule has 1 aromatic rings. The molecule has 9 nitrogen and oxygen atoms in total. The molecule has 10 heteroatoms. The number of carboxylic acids is 1. The van der Waals surface area contributed by atoms with Crippen LogP contribution in [0.25, 0.3) is 5.57 Å². The van der Waals surface area contributed by atoms with E-state index in [-0.39, 0.29) is 17.7 Å². The first kappa shape index (κ1) is 21.8. The number of carboxylic acid groups (broad SMARTS) is 1. The van der Waals surface area contributed by atoms with Crippen molar-refractivity contribution in [3.8, 4) is 0 Å². The summed E-state index contributed by atoms with van der Waals surface area (Å²) >= 11 is 1.33. The summed E-state index contributed by atoms with van der Waals surface area (Å²) in [6.07, 6.45) is 7.14. The highest BCUT2D eigenvalue weighted by molar-refractivity contribution is 7.13. The largest absolute Gasteiger partial charge is 0.478 e. The van der Waals surface area contributed by atoms with Crippen molar-refractivity contribution < 1.29 is 9.90 Å². The van der Waals surface area contributed by atoms with E-state index in [1.165, 1.54) is 29.8 Å². The highest BCUT2D eigenvalue weighted by atomic mass is 32.1. The minimum Gasteiger partial charge on any atom is -0.478 e. The van der Waals surface area contributed by atoms with Crippen molar-refractivity contribution in [2.45, 2.75) is 12.8 Å². The standard InChI is InChI=1S/C17H23N7O2S/c1-22-9-12(17(25)26)13(21)4-3-10(8-19)15-16(23-2)24-14(27-15)7-11(20)5-6-18/h3,5-6,8-9,19-23H,4,7,18H2,1-2H3,(H,25,26)/b6-5-,10-3+,12-9+,19-8?,20-11?,21-13?. The van der Waals surface area contributed by atoms with Crippen LogP contribution in [0.1, 0.15) is 16.3 Å². The molecule has 0 spiro atoms. The molecule has 0 radical (unpaired) electrons. The van der Waals surface area contributed by atoms with Gasteiger partial charge in [-0.3, -0.25) is 0 Å². The number of anilines is 1. The average Bonchev–Trinajstić information content (AvgIpc) is 3.02. The number of thiazole rings is 1. The Labute approximate surface area is 161 Å². The molecule has 1 rings (SSSR count). The predicted octanol–water partition coefficient (Wildman–Crippen LogP) is 1.85. The monoisotopic (exact) mass is 389 g/mol. The van der Waals surface area contributed by atoms with Gasteiger partial charge in [0.25, 0.3) is 0 Å². The Morgan fingerprint density at radius 3 is 2.59 bits per heavy atom. The lowest BCUT2D eigenvalue weighted by atomic mass is 10.1. The maximum absolute atomic E-state index is 11.2.